The zero-order valence-corrected chi connectivity index (χ0v) is 10.4. The second-order valence-electron chi connectivity index (χ2n) is 4.33. The molecule has 0 fully saturated rings. The molecule has 0 radical (unpaired) electrons. The van der Waals surface area contributed by atoms with E-state index in [1.807, 2.05) is 31.2 Å². The molecule has 3 N–H and O–H groups in total. The van der Waals surface area contributed by atoms with Crippen LogP contribution >= 0.6 is 0 Å². The average Bonchev–Trinajstić information content (AvgIpc) is 2.35. The smallest absolute Gasteiger partial charge is 0.123 e. The van der Waals surface area contributed by atoms with Gasteiger partial charge in [0, 0.05) is 17.9 Å². The molecule has 0 atom stereocenters. The van der Waals surface area contributed by atoms with Crippen LogP contribution in [0.3, 0.4) is 0 Å². The van der Waals surface area contributed by atoms with Gasteiger partial charge in [-0.05, 0) is 48.7 Å². The first-order valence-corrected chi connectivity index (χ1v) is 6.00. The van der Waals surface area contributed by atoms with Gasteiger partial charge in [0.25, 0.3) is 0 Å². The van der Waals surface area contributed by atoms with Gasteiger partial charge < -0.3 is 11.1 Å². The number of nitrogen functional groups attached to an aromatic ring is 1. The first-order chi connectivity index (χ1) is 8.66. The third-order valence-electron chi connectivity index (χ3n) is 2.99. The van der Waals surface area contributed by atoms with Crippen LogP contribution in [0.15, 0.2) is 42.5 Å². The van der Waals surface area contributed by atoms with Crippen LogP contribution in [-0.2, 0) is 6.42 Å². The predicted molar refractivity (Wildman–Crippen MR) is 74.2 cm³/mol. The Kier molecular flexibility index (Phi) is 3.82. The van der Waals surface area contributed by atoms with Crippen LogP contribution in [0, 0.1) is 12.7 Å². The molecule has 0 amide bonds. The van der Waals surface area contributed by atoms with Crippen molar-refractivity contribution in [1.82, 2.24) is 0 Å². The van der Waals surface area contributed by atoms with Crippen LogP contribution < -0.4 is 11.1 Å². The van der Waals surface area contributed by atoms with Gasteiger partial charge in [-0.15, -0.1) is 0 Å². The molecule has 0 heterocycles. The molecule has 0 aliphatic rings. The van der Waals surface area contributed by atoms with Gasteiger partial charge in [-0.25, -0.2) is 4.39 Å². The highest BCUT2D eigenvalue weighted by Crippen LogP contribution is 2.20. The molecular formula is C15H17FN2. The lowest BCUT2D eigenvalue weighted by molar-refractivity contribution is 0.625. The van der Waals surface area contributed by atoms with E-state index in [0.717, 1.165) is 35.5 Å². The van der Waals surface area contributed by atoms with Crippen molar-refractivity contribution in [2.24, 2.45) is 0 Å². The summed E-state index contributed by atoms with van der Waals surface area (Å²) >= 11 is 0. The summed E-state index contributed by atoms with van der Waals surface area (Å²) in [5, 5.41) is 3.32. The fourth-order valence-electron chi connectivity index (χ4n) is 1.88. The number of hydrogen-bond acceptors (Lipinski definition) is 2. The van der Waals surface area contributed by atoms with E-state index in [2.05, 4.69) is 5.32 Å². The normalized spacial score (nSPS) is 10.3. The van der Waals surface area contributed by atoms with E-state index in [0.29, 0.717) is 0 Å². The molecule has 94 valence electrons. The van der Waals surface area contributed by atoms with Crippen LogP contribution in [-0.4, -0.2) is 6.54 Å². The summed E-state index contributed by atoms with van der Waals surface area (Å²) in [5.41, 5.74) is 9.69. The zero-order chi connectivity index (χ0) is 13.0. The van der Waals surface area contributed by atoms with Crippen molar-refractivity contribution < 1.29 is 4.39 Å². The molecule has 18 heavy (non-hydrogen) atoms. The van der Waals surface area contributed by atoms with E-state index in [1.165, 1.54) is 6.07 Å². The summed E-state index contributed by atoms with van der Waals surface area (Å²) in [6.45, 7) is 2.74. The number of halogens is 1. The summed E-state index contributed by atoms with van der Waals surface area (Å²) in [4.78, 5) is 0. The Hall–Kier alpha value is -2.03. The standard InChI is InChI=1S/C15H17FN2/c1-11-14(17)6-3-7-15(11)18-9-8-12-4-2-5-13(16)10-12/h2-7,10,18H,8-9,17H2,1H3. The second kappa shape index (κ2) is 5.54. The van der Waals surface area contributed by atoms with Gasteiger partial charge in [0.15, 0.2) is 0 Å². The highest BCUT2D eigenvalue weighted by atomic mass is 19.1. The first kappa shape index (κ1) is 12.4. The van der Waals surface area contributed by atoms with E-state index in [9.17, 15) is 4.39 Å². The van der Waals surface area contributed by atoms with Gasteiger partial charge >= 0.3 is 0 Å². The molecule has 0 unspecified atom stereocenters. The van der Waals surface area contributed by atoms with Crippen LogP contribution in [0.1, 0.15) is 11.1 Å². The summed E-state index contributed by atoms with van der Waals surface area (Å²) < 4.78 is 13.0. The summed E-state index contributed by atoms with van der Waals surface area (Å²) in [5.74, 6) is -0.187. The van der Waals surface area contributed by atoms with Gasteiger partial charge in [0.1, 0.15) is 5.82 Å². The maximum atomic E-state index is 13.0. The summed E-state index contributed by atoms with van der Waals surface area (Å²) in [7, 11) is 0. The van der Waals surface area contributed by atoms with Gasteiger partial charge in [-0.3, -0.25) is 0 Å². The number of hydrogen-bond donors (Lipinski definition) is 2. The van der Waals surface area contributed by atoms with Gasteiger partial charge in [-0.1, -0.05) is 18.2 Å². The number of benzene rings is 2. The molecule has 0 saturated heterocycles. The molecule has 0 aliphatic carbocycles. The molecule has 0 saturated carbocycles. The maximum Gasteiger partial charge on any atom is 0.123 e. The van der Waals surface area contributed by atoms with Crippen molar-refractivity contribution in [3.05, 3.63) is 59.4 Å². The van der Waals surface area contributed by atoms with Crippen LogP contribution in [0.2, 0.25) is 0 Å². The Balaban J connectivity index is 1.94. The lowest BCUT2D eigenvalue weighted by atomic mass is 10.1. The highest BCUT2D eigenvalue weighted by molar-refractivity contribution is 5.62. The van der Waals surface area contributed by atoms with E-state index in [4.69, 9.17) is 5.73 Å². The van der Waals surface area contributed by atoms with Crippen molar-refractivity contribution >= 4 is 11.4 Å². The Morgan fingerprint density at radius 3 is 2.72 bits per heavy atom. The van der Waals surface area contributed by atoms with Crippen molar-refractivity contribution in [1.29, 1.82) is 0 Å². The predicted octanol–water partition coefficient (Wildman–Crippen LogP) is 3.37. The Morgan fingerprint density at radius 1 is 1.17 bits per heavy atom. The van der Waals surface area contributed by atoms with E-state index in [1.54, 1.807) is 12.1 Å². The third kappa shape index (κ3) is 3.00. The average molecular weight is 244 g/mol. The molecule has 0 aromatic heterocycles. The summed E-state index contributed by atoms with van der Waals surface area (Å²) in [6.07, 6.45) is 0.784. The minimum Gasteiger partial charge on any atom is -0.398 e. The fraction of sp³-hybridized carbons (Fsp3) is 0.200. The highest BCUT2D eigenvalue weighted by Gasteiger charge is 2.00. The molecule has 3 heteroatoms. The van der Waals surface area contributed by atoms with Crippen molar-refractivity contribution in [2.45, 2.75) is 13.3 Å². The molecule has 2 nitrogen and oxygen atoms in total. The molecule has 2 aromatic carbocycles. The van der Waals surface area contributed by atoms with Gasteiger partial charge in [-0.2, -0.15) is 0 Å². The largest absolute Gasteiger partial charge is 0.398 e. The lowest BCUT2D eigenvalue weighted by Gasteiger charge is -2.11. The van der Waals surface area contributed by atoms with Crippen molar-refractivity contribution in [3.8, 4) is 0 Å². The van der Waals surface area contributed by atoms with Crippen LogP contribution in [0.4, 0.5) is 15.8 Å². The molecular weight excluding hydrogens is 227 g/mol. The minimum atomic E-state index is -0.187. The number of nitrogens with two attached hydrogens (primary N) is 1. The fourth-order valence-corrected chi connectivity index (χ4v) is 1.88. The van der Waals surface area contributed by atoms with E-state index >= 15 is 0 Å². The van der Waals surface area contributed by atoms with Crippen molar-refractivity contribution in [3.63, 3.8) is 0 Å². The van der Waals surface area contributed by atoms with Crippen molar-refractivity contribution in [2.75, 3.05) is 17.6 Å². The monoisotopic (exact) mass is 244 g/mol. The first-order valence-electron chi connectivity index (χ1n) is 6.00. The van der Waals surface area contributed by atoms with E-state index < -0.39 is 0 Å². The Bertz CT molecular complexity index is 538. The SMILES string of the molecule is Cc1c(N)cccc1NCCc1cccc(F)c1. The van der Waals surface area contributed by atoms with Crippen LogP contribution in [0.5, 0.6) is 0 Å². The number of rotatable bonds is 4. The van der Waals surface area contributed by atoms with Gasteiger partial charge in [0.05, 0.1) is 0 Å². The third-order valence-corrected chi connectivity index (χ3v) is 2.99. The number of nitrogens with one attached hydrogen (secondary N) is 1. The molecule has 2 aromatic rings. The molecule has 2 rings (SSSR count). The van der Waals surface area contributed by atoms with Gasteiger partial charge in [0.2, 0.25) is 0 Å². The molecule has 0 bridgehead atoms. The maximum absolute atomic E-state index is 13.0. The lowest BCUT2D eigenvalue weighted by Crippen LogP contribution is -2.07. The zero-order valence-electron chi connectivity index (χ0n) is 10.4. The summed E-state index contributed by atoms with van der Waals surface area (Å²) in [6, 6.07) is 12.5. The number of anilines is 2. The molecule has 0 aliphatic heterocycles. The second-order valence-corrected chi connectivity index (χ2v) is 4.33. The Labute approximate surface area is 107 Å². The topological polar surface area (TPSA) is 38.0 Å². The van der Waals surface area contributed by atoms with E-state index in [-0.39, 0.29) is 5.82 Å². The molecule has 0 spiro atoms. The minimum absolute atomic E-state index is 0.187. The quantitative estimate of drug-likeness (QED) is 0.809. The Morgan fingerprint density at radius 2 is 1.94 bits per heavy atom. The van der Waals surface area contributed by atoms with Crippen LogP contribution in [0.25, 0.3) is 0 Å².